The zero-order chi connectivity index (χ0) is 15.6. The van der Waals surface area contributed by atoms with Crippen molar-refractivity contribution in [1.82, 2.24) is 4.90 Å². The minimum Gasteiger partial charge on any atom is -0.370 e. The molecule has 1 aliphatic rings. The molecule has 1 saturated heterocycles. The number of alkyl halides is 1. The van der Waals surface area contributed by atoms with Crippen molar-refractivity contribution in [1.29, 1.82) is 0 Å². The molecule has 2 unspecified atom stereocenters. The van der Waals surface area contributed by atoms with Crippen LogP contribution in [0.15, 0.2) is 18.2 Å². The number of ether oxygens (including phenoxy) is 1. The lowest BCUT2D eigenvalue weighted by Gasteiger charge is -2.36. The van der Waals surface area contributed by atoms with Gasteiger partial charge in [0.2, 0.25) is 0 Å². The van der Waals surface area contributed by atoms with Gasteiger partial charge in [0.1, 0.15) is 5.56 Å². The minimum absolute atomic E-state index is 0.0202. The van der Waals surface area contributed by atoms with Crippen LogP contribution in [0.1, 0.15) is 17.3 Å². The summed E-state index contributed by atoms with van der Waals surface area (Å²) in [5.74, 6) is -0.153. The normalized spacial score (nSPS) is 22.1. The van der Waals surface area contributed by atoms with Gasteiger partial charge in [-0.1, -0.05) is 11.6 Å². The number of halogens is 2. The topological polar surface area (TPSA) is 72.7 Å². The van der Waals surface area contributed by atoms with Crippen molar-refractivity contribution in [3.05, 3.63) is 38.9 Å². The molecule has 8 heteroatoms. The van der Waals surface area contributed by atoms with Crippen LogP contribution in [-0.4, -0.2) is 46.9 Å². The molecule has 0 aliphatic carbocycles. The highest BCUT2D eigenvalue weighted by Gasteiger charge is 2.31. The first-order valence-corrected chi connectivity index (χ1v) is 7.28. The van der Waals surface area contributed by atoms with Crippen molar-refractivity contribution in [2.75, 3.05) is 19.0 Å². The summed E-state index contributed by atoms with van der Waals surface area (Å²) in [5, 5.41) is 11.3. The van der Waals surface area contributed by atoms with E-state index in [1.54, 1.807) is 0 Å². The lowest BCUT2D eigenvalue weighted by atomic mass is 10.1. The largest absolute Gasteiger partial charge is 0.370 e. The van der Waals surface area contributed by atoms with Crippen molar-refractivity contribution in [3.8, 4) is 0 Å². The average Bonchev–Trinajstić information content (AvgIpc) is 2.45. The quantitative estimate of drug-likeness (QED) is 0.484. The molecule has 0 bridgehead atoms. The second kappa shape index (κ2) is 6.60. The monoisotopic (exact) mass is 332 g/mol. The zero-order valence-corrected chi connectivity index (χ0v) is 12.8. The Kier molecular flexibility index (Phi) is 5.03. The van der Waals surface area contributed by atoms with Gasteiger partial charge >= 0.3 is 0 Å². The van der Waals surface area contributed by atoms with Crippen LogP contribution in [0.2, 0.25) is 5.02 Å². The van der Waals surface area contributed by atoms with E-state index < -0.39 is 10.8 Å². The van der Waals surface area contributed by atoms with E-state index in [2.05, 4.69) is 0 Å². The van der Waals surface area contributed by atoms with E-state index in [1.165, 1.54) is 23.1 Å². The molecule has 1 amide bonds. The van der Waals surface area contributed by atoms with Gasteiger partial charge < -0.3 is 9.64 Å². The third-order valence-corrected chi connectivity index (χ3v) is 3.75. The highest BCUT2D eigenvalue weighted by atomic mass is 35.5. The SMILES string of the molecule is CC1CN(C(=O)c2ccc(Cl)cc2[N+](=O)[O-])CC(CCl)O1. The fourth-order valence-corrected chi connectivity index (χ4v) is 2.64. The van der Waals surface area contributed by atoms with Crippen LogP contribution in [0.25, 0.3) is 0 Å². The molecule has 1 aromatic rings. The second-order valence-electron chi connectivity index (χ2n) is 4.85. The predicted octanol–water partition coefficient (Wildman–Crippen LogP) is 2.72. The molecule has 1 aromatic carbocycles. The molecular weight excluding hydrogens is 319 g/mol. The standard InChI is InChI=1S/C13H14Cl2N2O4/c1-8-6-16(7-10(5-14)21-8)13(18)11-3-2-9(15)4-12(11)17(19)20/h2-4,8,10H,5-7H2,1H3. The predicted molar refractivity (Wildman–Crippen MR) is 79.1 cm³/mol. The fourth-order valence-electron chi connectivity index (χ4n) is 2.30. The summed E-state index contributed by atoms with van der Waals surface area (Å²) in [6.07, 6.45) is -0.441. The molecular formula is C13H14Cl2N2O4. The maximum absolute atomic E-state index is 12.5. The van der Waals surface area contributed by atoms with Crippen LogP contribution in [-0.2, 0) is 4.74 Å². The van der Waals surface area contributed by atoms with Gasteiger partial charge in [-0.05, 0) is 19.1 Å². The lowest BCUT2D eigenvalue weighted by Crippen LogP contribution is -2.49. The Labute approximate surface area is 131 Å². The molecule has 2 rings (SSSR count). The van der Waals surface area contributed by atoms with Crippen LogP contribution in [0.5, 0.6) is 0 Å². The highest BCUT2D eigenvalue weighted by molar-refractivity contribution is 6.31. The number of nitro benzene ring substituents is 1. The van der Waals surface area contributed by atoms with E-state index in [0.717, 1.165) is 0 Å². The highest BCUT2D eigenvalue weighted by Crippen LogP contribution is 2.25. The third kappa shape index (κ3) is 3.64. The van der Waals surface area contributed by atoms with Crippen molar-refractivity contribution in [2.45, 2.75) is 19.1 Å². The lowest BCUT2D eigenvalue weighted by molar-refractivity contribution is -0.385. The van der Waals surface area contributed by atoms with Crippen LogP contribution in [0, 0.1) is 10.1 Å². The molecule has 6 nitrogen and oxygen atoms in total. The van der Waals surface area contributed by atoms with E-state index in [0.29, 0.717) is 13.1 Å². The van der Waals surface area contributed by atoms with Crippen molar-refractivity contribution in [3.63, 3.8) is 0 Å². The van der Waals surface area contributed by atoms with Gasteiger partial charge in [0.05, 0.1) is 23.0 Å². The Hall–Kier alpha value is -1.37. The maximum Gasteiger partial charge on any atom is 0.283 e. The minimum atomic E-state index is -0.609. The molecule has 2 atom stereocenters. The summed E-state index contributed by atoms with van der Waals surface area (Å²) in [5.41, 5.74) is -0.277. The summed E-state index contributed by atoms with van der Waals surface area (Å²) in [7, 11) is 0. The number of rotatable bonds is 3. The smallest absolute Gasteiger partial charge is 0.283 e. The average molecular weight is 333 g/mol. The summed E-state index contributed by atoms with van der Waals surface area (Å²) < 4.78 is 5.57. The van der Waals surface area contributed by atoms with E-state index in [9.17, 15) is 14.9 Å². The van der Waals surface area contributed by atoms with Gasteiger partial charge in [0, 0.05) is 24.2 Å². The molecule has 0 radical (unpaired) electrons. The Balaban J connectivity index is 2.29. The van der Waals surface area contributed by atoms with E-state index >= 15 is 0 Å². The van der Waals surface area contributed by atoms with Gasteiger partial charge in [0.25, 0.3) is 11.6 Å². The molecule has 0 aromatic heterocycles. The van der Waals surface area contributed by atoms with Gasteiger partial charge in [-0.15, -0.1) is 11.6 Å². The second-order valence-corrected chi connectivity index (χ2v) is 5.60. The number of nitrogens with zero attached hydrogens (tertiary/aromatic N) is 2. The number of benzene rings is 1. The number of amides is 1. The van der Waals surface area contributed by atoms with Crippen molar-refractivity contribution < 1.29 is 14.5 Å². The molecule has 1 heterocycles. The first-order chi connectivity index (χ1) is 9.92. The summed E-state index contributed by atoms with van der Waals surface area (Å²) in [4.78, 5) is 24.5. The zero-order valence-electron chi connectivity index (χ0n) is 11.3. The fraction of sp³-hybridized carbons (Fsp3) is 0.462. The van der Waals surface area contributed by atoms with Crippen LogP contribution >= 0.6 is 23.2 Å². The van der Waals surface area contributed by atoms with E-state index in [4.69, 9.17) is 27.9 Å². The van der Waals surface area contributed by atoms with Crippen molar-refractivity contribution in [2.24, 2.45) is 0 Å². The van der Waals surface area contributed by atoms with E-state index in [-0.39, 0.29) is 34.4 Å². The van der Waals surface area contributed by atoms with Crippen LogP contribution in [0.4, 0.5) is 5.69 Å². The summed E-state index contributed by atoms with van der Waals surface area (Å²) >= 11 is 11.5. The Morgan fingerprint density at radius 1 is 1.52 bits per heavy atom. The van der Waals surface area contributed by atoms with Crippen molar-refractivity contribution >= 4 is 34.8 Å². The number of carbonyl (C=O) groups is 1. The number of nitro groups is 1. The Morgan fingerprint density at radius 3 is 2.86 bits per heavy atom. The molecule has 0 saturated carbocycles. The maximum atomic E-state index is 12.5. The first-order valence-electron chi connectivity index (χ1n) is 6.37. The molecule has 114 valence electrons. The van der Waals surface area contributed by atoms with Crippen LogP contribution < -0.4 is 0 Å². The number of hydrogen-bond acceptors (Lipinski definition) is 4. The molecule has 21 heavy (non-hydrogen) atoms. The van der Waals surface area contributed by atoms with Gasteiger partial charge in [-0.2, -0.15) is 0 Å². The molecule has 0 spiro atoms. The van der Waals surface area contributed by atoms with E-state index in [1.807, 2.05) is 6.92 Å². The number of hydrogen-bond donors (Lipinski definition) is 0. The molecule has 0 N–H and O–H groups in total. The van der Waals surface area contributed by atoms with Gasteiger partial charge in [-0.3, -0.25) is 14.9 Å². The van der Waals surface area contributed by atoms with Gasteiger partial charge in [0.15, 0.2) is 0 Å². The third-order valence-electron chi connectivity index (χ3n) is 3.17. The first kappa shape index (κ1) is 16.0. The number of carbonyl (C=O) groups excluding carboxylic acids is 1. The Morgan fingerprint density at radius 2 is 2.24 bits per heavy atom. The summed E-state index contributed by atoms with van der Waals surface area (Å²) in [6.45, 7) is 2.51. The molecule has 1 aliphatic heterocycles. The number of morpholine rings is 1. The van der Waals surface area contributed by atoms with Gasteiger partial charge in [-0.25, -0.2) is 0 Å². The molecule has 1 fully saturated rings. The summed E-state index contributed by atoms with van der Waals surface area (Å²) in [6, 6.07) is 4.01. The van der Waals surface area contributed by atoms with Crippen LogP contribution in [0.3, 0.4) is 0 Å². The Bertz CT molecular complexity index is 567.